The number of ether oxygens (including phenoxy) is 1. The molecule has 0 radical (unpaired) electrons. The molecule has 8 heteroatoms. The summed E-state index contributed by atoms with van der Waals surface area (Å²) in [7, 11) is 1.35. The minimum absolute atomic E-state index is 0.177. The van der Waals surface area contributed by atoms with Crippen LogP contribution in [-0.4, -0.2) is 53.2 Å². The van der Waals surface area contributed by atoms with E-state index in [0.717, 1.165) is 0 Å². The summed E-state index contributed by atoms with van der Waals surface area (Å²) in [6.45, 7) is 0.827. The number of halogens is 1. The molecule has 0 bridgehead atoms. The zero-order valence-corrected chi connectivity index (χ0v) is 12.7. The highest BCUT2D eigenvalue weighted by molar-refractivity contribution is 7.98. The summed E-state index contributed by atoms with van der Waals surface area (Å²) in [5.74, 6) is -0.845. The second-order valence-electron chi connectivity index (χ2n) is 4.31. The average Bonchev–Trinajstić information content (AvgIpc) is 2.96. The number of nitrogens with zero attached hydrogens (tertiary/aromatic N) is 3. The molecule has 20 heavy (non-hydrogen) atoms. The van der Waals surface area contributed by atoms with Gasteiger partial charge in [-0.05, 0) is 12.7 Å². The Bertz CT molecular complexity index is 541. The Kier molecular flexibility index (Phi) is 4.82. The van der Waals surface area contributed by atoms with Crippen molar-refractivity contribution in [2.75, 3.05) is 26.5 Å². The first-order valence-electron chi connectivity index (χ1n) is 6.00. The first-order chi connectivity index (χ1) is 9.56. The molecule has 0 saturated carbocycles. The van der Waals surface area contributed by atoms with Gasteiger partial charge in [-0.1, -0.05) is 23.4 Å². The zero-order valence-electron chi connectivity index (χ0n) is 11.1. The Hall–Kier alpha value is -1.34. The summed E-state index contributed by atoms with van der Waals surface area (Å²) in [4.78, 5) is 33.6. The first kappa shape index (κ1) is 15.1. The number of likely N-dealkylation sites (tertiary alicyclic amines) is 1. The molecule has 1 fully saturated rings. The molecule has 1 unspecified atom stereocenters. The van der Waals surface area contributed by atoms with Crippen LogP contribution in [0.1, 0.15) is 16.9 Å². The highest BCUT2D eigenvalue weighted by Crippen LogP contribution is 2.23. The molecule has 1 amide bonds. The van der Waals surface area contributed by atoms with Crippen LogP contribution in [0, 0.1) is 5.92 Å². The lowest BCUT2D eigenvalue weighted by Crippen LogP contribution is -2.31. The monoisotopic (exact) mass is 315 g/mol. The summed E-state index contributed by atoms with van der Waals surface area (Å²) in [5, 5.41) is 0.704. The Morgan fingerprint density at radius 1 is 1.55 bits per heavy atom. The van der Waals surface area contributed by atoms with Crippen LogP contribution in [0.25, 0.3) is 0 Å². The SMILES string of the molecule is COC(=O)C1CCN(C(=O)c2nc(SC)ncc2Cl)C1. The van der Waals surface area contributed by atoms with Gasteiger partial charge in [0.15, 0.2) is 10.9 Å². The molecule has 1 aromatic heterocycles. The molecule has 1 aromatic rings. The molecule has 0 aliphatic carbocycles. The van der Waals surface area contributed by atoms with Crippen LogP contribution in [0.15, 0.2) is 11.4 Å². The molecule has 6 nitrogen and oxygen atoms in total. The fourth-order valence-corrected chi connectivity index (χ4v) is 2.57. The number of carbonyl (C=O) groups is 2. The number of methoxy groups -OCH3 is 1. The van der Waals surface area contributed by atoms with Gasteiger partial charge in [0.1, 0.15) is 0 Å². The van der Waals surface area contributed by atoms with Gasteiger partial charge in [-0.3, -0.25) is 9.59 Å². The minimum atomic E-state index is -0.293. The highest BCUT2D eigenvalue weighted by Gasteiger charge is 2.33. The van der Waals surface area contributed by atoms with Crippen molar-refractivity contribution in [1.82, 2.24) is 14.9 Å². The lowest BCUT2D eigenvalue weighted by Gasteiger charge is -2.16. The summed E-state index contributed by atoms with van der Waals surface area (Å²) in [6, 6.07) is 0. The van der Waals surface area contributed by atoms with Crippen molar-refractivity contribution in [1.29, 1.82) is 0 Å². The molecule has 0 N–H and O–H groups in total. The van der Waals surface area contributed by atoms with Gasteiger partial charge in [0, 0.05) is 13.1 Å². The predicted octanol–water partition coefficient (Wildman–Crippen LogP) is 1.49. The summed E-state index contributed by atoms with van der Waals surface area (Å²) in [6.07, 6.45) is 3.83. The molecule has 0 spiro atoms. The van der Waals surface area contributed by atoms with Crippen LogP contribution in [0.4, 0.5) is 0 Å². The molecular formula is C12H14ClN3O3S. The van der Waals surface area contributed by atoms with E-state index in [1.807, 2.05) is 6.26 Å². The number of rotatable bonds is 3. The standard InChI is InChI=1S/C12H14ClN3O3S/c1-19-11(18)7-3-4-16(6-7)10(17)9-8(13)5-14-12(15-9)20-2/h5,7H,3-4,6H2,1-2H3. The largest absolute Gasteiger partial charge is 0.469 e. The number of hydrogen-bond donors (Lipinski definition) is 0. The quantitative estimate of drug-likeness (QED) is 0.478. The third-order valence-electron chi connectivity index (χ3n) is 3.12. The Balaban J connectivity index is 2.15. The smallest absolute Gasteiger partial charge is 0.310 e. The maximum Gasteiger partial charge on any atom is 0.310 e. The highest BCUT2D eigenvalue weighted by atomic mass is 35.5. The van der Waals surface area contributed by atoms with E-state index < -0.39 is 0 Å². The van der Waals surface area contributed by atoms with Crippen LogP contribution in [0.3, 0.4) is 0 Å². The van der Waals surface area contributed by atoms with Crippen LogP contribution >= 0.6 is 23.4 Å². The van der Waals surface area contributed by atoms with Crippen LogP contribution in [0.2, 0.25) is 5.02 Å². The Labute approximate surface area is 125 Å². The number of hydrogen-bond acceptors (Lipinski definition) is 6. The van der Waals surface area contributed by atoms with Crippen LogP contribution in [-0.2, 0) is 9.53 Å². The van der Waals surface area contributed by atoms with Crippen LogP contribution in [0.5, 0.6) is 0 Å². The number of thioether (sulfide) groups is 1. The van der Waals surface area contributed by atoms with Gasteiger partial charge in [-0.2, -0.15) is 0 Å². The third kappa shape index (κ3) is 3.04. The molecule has 108 valence electrons. The Morgan fingerprint density at radius 3 is 2.95 bits per heavy atom. The van der Waals surface area contributed by atoms with E-state index in [4.69, 9.17) is 16.3 Å². The average molecular weight is 316 g/mol. The topological polar surface area (TPSA) is 72.4 Å². The summed E-state index contributed by atoms with van der Waals surface area (Å²) in [5.41, 5.74) is 0.177. The van der Waals surface area contributed by atoms with Gasteiger partial charge in [-0.15, -0.1) is 0 Å². The molecule has 0 aromatic carbocycles. The maximum absolute atomic E-state index is 12.4. The van der Waals surface area contributed by atoms with E-state index in [9.17, 15) is 9.59 Å². The van der Waals surface area contributed by atoms with Crippen molar-refractivity contribution in [2.45, 2.75) is 11.6 Å². The number of aromatic nitrogens is 2. The zero-order chi connectivity index (χ0) is 14.7. The van der Waals surface area contributed by atoms with Gasteiger partial charge in [0.05, 0.1) is 24.2 Å². The minimum Gasteiger partial charge on any atom is -0.469 e. The van der Waals surface area contributed by atoms with Gasteiger partial charge in [0.25, 0.3) is 5.91 Å². The summed E-state index contributed by atoms with van der Waals surface area (Å²) < 4.78 is 4.70. The second kappa shape index (κ2) is 6.41. The van der Waals surface area contributed by atoms with Gasteiger partial charge < -0.3 is 9.64 Å². The normalized spacial score (nSPS) is 18.1. The van der Waals surface area contributed by atoms with E-state index in [0.29, 0.717) is 24.7 Å². The first-order valence-corrected chi connectivity index (χ1v) is 7.60. The third-order valence-corrected chi connectivity index (χ3v) is 3.96. The molecule has 1 aliphatic rings. The van der Waals surface area contributed by atoms with Gasteiger partial charge in [-0.25, -0.2) is 9.97 Å². The summed E-state index contributed by atoms with van der Waals surface area (Å²) >= 11 is 7.31. The van der Waals surface area contributed by atoms with Crippen molar-refractivity contribution in [2.24, 2.45) is 5.92 Å². The van der Waals surface area contributed by atoms with E-state index in [2.05, 4.69) is 9.97 Å². The molecular weight excluding hydrogens is 302 g/mol. The van der Waals surface area contributed by atoms with Gasteiger partial charge in [0.2, 0.25) is 0 Å². The van der Waals surface area contributed by atoms with Crippen molar-refractivity contribution in [3.05, 3.63) is 16.9 Å². The van der Waals surface area contributed by atoms with E-state index in [1.54, 1.807) is 4.90 Å². The van der Waals surface area contributed by atoms with Crippen LogP contribution < -0.4 is 0 Å². The lowest BCUT2D eigenvalue weighted by atomic mass is 10.1. The predicted molar refractivity (Wildman–Crippen MR) is 74.8 cm³/mol. The van der Waals surface area contributed by atoms with Crippen molar-refractivity contribution < 1.29 is 14.3 Å². The lowest BCUT2D eigenvalue weighted by molar-refractivity contribution is -0.144. The van der Waals surface area contributed by atoms with E-state index in [-0.39, 0.29) is 28.5 Å². The van der Waals surface area contributed by atoms with E-state index in [1.165, 1.54) is 25.1 Å². The molecule has 1 aliphatic heterocycles. The molecule has 1 atom stereocenters. The van der Waals surface area contributed by atoms with Crippen molar-refractivity contribution in [3.8, 4) is 0 Å². The second-order valence-corrected chi connectivity index (χ2v) is 5.49. The van der Waals surface area contributed by atoms with Crippen molar-refractivity contribution >= 4 is 35.2 Å². The molecule has 2 heterocycles. The number of amides is 1. The van der Waals surface area contributed by atoms with Gasteiger partial charge >= 0.3 is 5.97 Å². The maximum atomic E-state index is 12.4. The van der Waals surface area contributed by atoms with Crippen molar-refractivity contribution in [3.63, 3.8) is 0 Å². The number of esters is 1. The van der Waals surface area contributed by atoms with E-state index >= 15 is 0 Å². The Morgan fingerprint density at radius 2 is 2.30 bits per heavy atom. The number of carbonyl (C=O) groups excluding carboxylic acids is 2. The fourth-order valence-electron chi connectivity index (χ4n) is 2.05. The molecule has 1 saturated heterocycles. The molecule has 2 rings (SSSR count). The fraction of sp³-hybridized carbons (Fsp3) is 0.500.